The fourth-order valence-electron chi connectivity index (χ4n) is 2.25. The van der Waals surface area contributed by atoms with Crippen molar-refractivity contribution in [3.63, 3.8) is 0 Å². The summed E-state index contributed by atoms with van der Waals surface area (Å²) in [6, 6.07) is 16.1. The maximum Gasteiger partial charge on any atom is 0.119 e. The van der Waals surface area contributed by atoms with Crippen LogP contribution in [-0.4, -0.2) is 12.1 Å². The Morgan fingerprint density at radius 2 is 1.90 bits per heavy atom. The Morgan fingerprint density at radius 3 is 2.67 bits per heavy atom. The quantitative estimate of drug-likeness (QED) is 0.751. The molecular formula is C17H15BrN2O. The Morgan fingerprint density at radius 1 is 1.10 bits per heavy atom. The van der Waals surface area contributed by atoms with Crippen LogP contribution >= 0.6 is 15.9 Å². The maximum atomic E-state index is 5.16. The second-order valence-corrected chi connectivity index (χ2v) is 5.54. The maximum absolute atomic E-state index is 5.16. The fraction of sp³-hybridized carbons (Fsp3) is 0.118. The van der Waals surface area contributed by atoms with Gasteiger partial charge in [-0.2, -0.15) is 0 Å². The Labute approximate surface area is 132 Å². The van der Waals surface area contributed by atoms with Gasteiger partial charge in [-0.1, -0.05) is 28.1 Å². The van der Waals surface area contributed by atoms with Gasteiger partial charge in [0.15, 0.2) is 0 Å². The zero-order chi connectivity index (χ0) is 14.7. The lowest BCUT2D eigenvalue weighted by Crippen LogP contribution is -2.01. The zero-order valence-electron chi connectivity index (χ0n) is 11.6. The SMILES string of the molecule is COc1ccc(NCc2ccc(Br)c3cccnc23)cc1. The third-order valence-corrected chi connectivity index (χ3v) is 4.06. The number of fused-ring (bicyclic) bond motifs is 1. The second kappa shape index (κ2) is 6.14. The van der Waals surface area contributed by atoms with Crippen molar-refractivity contribution in [2.24, 2.45) is 0 Å². The van der Waals surface area contributed by atoms with E-state index in [1.807, 2.05) is 36.5 Å². The lowest BCUT2D eigenvalue weighted by Gasteiger charge is -2.10. The highest BCUT2D eigenvalue weighted by molar-refractivity contribution is 9.10. The van der Waals surface area contributed by atoms with Gasteiger partial charge in [-0.15, -0.1) is 0 Å². The van der Waals surface area contributed by atoms with Crippen molar-refractivity contribution in [2.75, 3.05) is 12.4 Å². The van der Waals surface area contributed by atoms with Gasteiger partial charge in [0.1, 0.15) is 5.75 Å². The van der Waals surface area contributed by atoms with E-state index < -0.39 is 0 Å². The molecule has 0 amide bonds. The largest absolute Gasteiger partial charge is 0.497 e. The average molecular weight is 343 g/mol. The van der Waals surface area contributed by atoms with Gasteiger partial charge in [0.25, 0.3) is 0 Å². The van der Waals surface area contributed by atoms with Crippen LogP contribution in [0.3, 0.4) is 0 Å². The lowest BCUT2D eigenvalue weighted by molar-refractivity contribution is 0.415. The summed E-state index contributed by atoms with van der Waals surface area (Å²) >= 11 is 3.57. The number of hydrogen-bond donors (Lipinski definition) is 1. The highest BCUT2D eigenvalue weighted by Crippen LogP contribution is 2.26. The summed E-state index contributed by atoms with van der Waals surface area (Å²) in [5, 5.41) is 4.54. The molecule has 0 aliphatic carbocycles. The van der Waals surface area contributed by atoms with Crippen LogP contribution in [0.4, 0.5) is 5.69 Å². The third kappa shape index (κ3) is 3.00. The molecule has 0 aliphatic rings. The minimum atomic E-state index is 0.729. The summed E-state index contributed by atoms with van der Waals surface area (Å²) in [6.45, 7) is 0.729. The molecule has 0 radical (unpaired) electrons. The Balaban J connectivity index is 1.83. The number of ether oxygens (including phenoxy) is 1. The minimum Gasteiger partial charge on any atom is -0.497 e. The molecule has 0 saturated carbocycles. The number of nitrogens with one attached hydrogen (secondary N) is 1. The Hall–Kier alpha value is -2.07. The molecule has 0 spiro atoms. The van der Waals surface area contributed by atoms with Crippen LogP contribution in [0.15, 0.2) is 59.2 Å². The molecule has 3 rings (SSSR count). The number of hydrogen-bond acceptors (Lipinski definition) is 3. The van der Waals surface area contributed by atoms with E-state index in [-0.39, 0.29) is 0 Å². The molecule has 3 aromatic rings. The van der Waals surface area contributed by atoms with E-state index in [0.29, 0.717) is 0 Å². The van der Waals surface area contributed by atoms with Crippen LogP contribution in [0.1, 0.15) is 5.56 Å². The fourth-order valence-corrected chi connectivity index (χ4v) is 2.70. The third-order valence-electron chi connectivity index (χ3n) is 3.37. The van der Waals surface area contributed by atoms with Crippen molar-refractivity contribution < 1.29 is 4.74 Å². The number of methoxy groups -OCH3 is 1. The zero-order valence-corrected chi connectivity index (χ0v) is 13.2. The summed E-state index contributed by atoms with van der Waals surface area (Å²) in [4.78, 5) is 4.49. The predicted octanol–water partition coefficient (Wildman–Crippen LogP) is 4.62. The van der Waals surface area contributed by atoms with Crippen LogP contribution in [0.25, 0.3) is 10.9 Å². The predicted molar refractivity (Wildman–Crippen MR) is 89.8 cm³/mol. The molecule has 0 atom stereocenters. The molecular weight excluding hydrogens is 328 g/mol. The number of anilines is 1. The van der Waals surface area contributed by atoms with Crippen LogP contribution in [0, 0.1) is 0 Å². The molecule has 0 unspecified atom stereocenters. The van der Waals surface area contributed by atoms with E-state index in [1.54, 1.807) is 7.11 Å². The molecule has 2 aromatic carbocycles. The summed E-state index contributed by atoms with van der Waals surface area (Å²) in [7, 11) is 1.67. The van der Waals surface area contributed by atoms with Gasteiger partial charge in [0.2, 0.25) is 0 Å². The monoisotopic (exact) mass is 342 g/mol. The molecule has 4 heteroatoms. The molecule has 0 aliphatic heterocycles. The Bertz CT molecular complexity index is 756. The molecule has 0 saturated heterocycles. The van der Waals surface area contributed by atoms with E-state index in [9.17, 15) is 0 Å². The normalized spacial score (nSPS) is 10.6. The molecule has 0 fully saturated rings. The van der Waals surface area contributed by atoms with Crippen molar-refractivity contribution in [1.82, 2.24) is 4.98 Å². The topological polar surface area (TPSA) is 34.1 Å². The van der Waals surface area contributed by atoms with E-state index in [0.717, 1.165) is 33.4 Å². The Kier molecular flexibility index (Phi) is 4.06. The lowest BCUT2D eigenvalue weighted by atomic mass is 10.1. The van der Waals surface area contributed by atoms with Crippen LogP contribution in [-0.2, 0) is 6.54 Å². The molecule has 1 N–H and O–H groups in total. The van der Waals surface area contributed by atoms with Gasteiger partial charge < -0.3 is 10.1 Å². The average Bonchev–Trinajstić information content (AvgIpc) is 2.55. The second-order valence-electron chi connectivity index (χ2n) is 4.69. The molecule has 21 heavy (non-hydrogen) atoms. The highest BCUT2D eigenvalue weighted by atomic mass is 79.9. The summed E-state index contributed by atoms with van der Waals surface area (Å²) in [6.07, 6.45) is 1.83. The summed E-state index contributed by atoms with van der Waals surface area (Å²) < 4.78 is 6.23. The summed E-state index contributed by atoms with van der Waals surface area (Å²) in [5.41, 5.74) is 3.25. The van der Waals surface area contributed by atoms with Crippen molar-refractivity contribution in [1.29, 1.82) is 0 Å². The van der Waals surface area contributed by atoms with Crippen molar-refractivity contribution in [3.8, 4) is 5.75 Å². The molecule has 106 valence electrons. The molecule has 1 aromatic heterocycles. The van der Waals surface area contributed by atoms with E-state index in [1.165, 1.54) is 5.56 Å². The highest BCUT2D eigenvalue weighted by Gasteiger charge is 2.05. The van der Waals surface area contributed by atoms with Gasteiger partial charge in [-0.05, 0) is 42.0 Å². The van der Waals surface area contributed by atoms with E-state index in [4.69, 9.17) is 4.74 Å². The van der Waals surface area contributed by atoms with Gasteiger partial charge >= 0.3 is 0 Å². The number of halogens is 1. The van der Waals surface area contributed by atoms with Crippen molar-refractivity contribution >= 4 is 32.5 Å². The van der Waals surface area contributed by atoms with E-state index in [2.05, 4.69) is 44.4 Å². The minimum absolute atomic E-state index is 0.729. The van der Waals surface area contributed by atoms with Crippen LogP contribution < -0.4 is 10.1 Å². The van der Waals surface area contributed by atoms with Crippen LogP contribution in [0.5, 0.6) is 5.75 Å². The van der Waals surface area contributed by atoms with Crippen molar-refractivity contribution in [2.45, 2.75) is 6.54 Å². The smallest absolute Gasteiger partial charge is 0.119 e. The van der Waals surface area contributed by atoms with Gasteiger partial charge in [-0.25, -0.2) is 0 Å². The first-order valence-electron chi connectivity index (χ1n) is 6.68. The van der Waals surface area contributed by atoms with Gasteiger partial charge in [0, 0.05) is 28.3 Å². The molecule has 1 heterocycles. The van der Waals surface area contributed by atoms with Crippen LogP contribution in [0.2, 0.25) is 0 Å². The van der Waals surface area contributed by atoms with E-state index >= 15 is 0 Å². The van der Waals surface area contributed by atoms with Crippen molar-refractivity contribution in [3.05, 3.63) is 64.8 Å². The number of nitrogens with zero attached hydrogens (tertiary/aromatic N) is 1. The first-order chi connectivity index (χ1) is 10.3. The number of benzene rings is 2. The number of rotatable bonds is 4. The first-order valence-corrected chi connectivity index (χ1v) is 7.47. The standard InChI is InChI=1S/C17H15BrN2O/c1-21-14-7-5-13(6-8-14)20-11-12-4-9-16(18)15-3-2-10-19-17(12)15/h2-10,20H,11H2,1H3. The van der Waals surface area contributed by atoms with Gasteiger partial charge in [-0.3, -0.25) is 4.98 Å². The first kappa shape index (κ1) is 13.9. The number of pyridine rings is 1. The van der Waals surface area contributed by atoms with Gasteiger partial charge in [0.05, 0.1) is 12.6 Å². The number of aromatic nitrogens is 1. The molecule has 0 bridgehead atoms. The summed E-state index contributed by atoms with van der Waals surface area (Å²) in [5.74, 6) is 0.858. The molecule has 3 nitrogen and oxygen atoms in total.